The van der Waals surface area contributed by atoms with Gasteiger partial charge in [-0.2, -0.15) is 0 Å². The summed E-state index contributed by atoms with van der Waals surface area (Å²) in [6.07, 6.45) is 1.23. The van der Waals surface area contributed by atoms with Crippen molar-refractivity contribution >= 4 is 17.5 Å². The minimum Gasteiger partial charge on any atom is -0.481 e. The minimum atomic E-state index is -0.586. The first-order chi connectivity index (χ1) is 9.65. The quantitative estimate of drug-likeness (QED) is 0.918. The van der Waals surface area contributed by atoms with Gasteiger partial charge in [0.15, 0.2) is 18.0 Å². The van der Waals surface area contributed by atoms with Gasteiger partial charge >= 0.3 is 0 Å². The Kier molecular flexibility index (Phi) is 4.96. The van der Waals surface area contributed by atoms with Crippen LogP contribution in [0.3, 0.4) is 0 Å². The molecule has 1 heterocycles. The van der Waals surface area contributed by atoms with Gasteiger partial charge in [-0.3, -0.25) is 4.79 Å². The lowest BCUT2D eigenvalue weighted by atomic mass is 10.3. The van der Waals surface area contributed by atoms with Crippen molar-refractivity contribution < 1.29 is 14.5 Å². The number of halogens is 1. The molecule has 1 amide bonds. The molecular formula is C15H16ClN2O2+. The highest BCUT2D eigenvalue weighted by Crippen LogP contribution is 2.18. The van der Waals surface area contributed by atoms with Gasteiger partial charge in [0.2, 0.25) is 0 Å². The van der Waals surface area contributed by atoms with E-state index in [1.807, 2.05) is 24.4 Å². The number of pyridine rings is 1. The number of hydrogen-bond donors (Lipinski definition) is 1. The minimum absolute atomic E-state index is 0.178. The maximum absolute atomic E-state index is 11.9. The highest BCUT2D eigenvalue weighted by atomic mass is 35.5. The maximum Gasteiger partial charge on any atom is 0.261 e. The lowest BCUT2D eigenvalue weighted by Gasteiger charge is -2.14. The van der Waals surface area contributed by atoms with Crippen molar-refractivity contribution in [1.29, 1.82) is 0 Å². The summed E-state index contributed by atoms with van der Waals surface area (Å²) < 4.78 is 5.54. The van der Waals surface area contributed by atoms with Gasteiger partial charge in [0, 0.05) is 17.2 Å². The van der Waals surface area contributed by atoms with E-state index in [0.717, 1.165) is 5.69 Å². The zero-order valence-corrected chi connectivity index (χ0v) is 11.9. The number of carbonyl (C=O) groups excluding carboxylic acids is 1. The fourth-order valence-corrected chi connectivity index (χ4v) is 1.84. The Labute approximate surface area is 122 Å². The molecule has 1 unspecified atom stereocenters. The summed E-state index contributed by atoms with van der Waals surface area (Å²) >= 11 is 5.86. The summed E-state index contributed by atoms with van der Waals surface area (Å²) in [5.41, 5.74) is 0.927. The molecule has 2 N–H and O–H groups in total. The number of aromatic amines is 1. The molecular weight excluding hydrogens is 276 g/mol. The summed E-state index contributed by atoms with van der Waals surface area (Å²) in [7, 11) is 0. The van der Waals surface area contributed by atoms with E-state index in [4.69, 9.17) is 16.3 Å². The van der Waals surface area contributed by atoms with Crippen LogP contribution in [0.15, 0.2) is 48.7 Å². The van der Waals surface area contributed by atoms with Crippen LogP contribution in [-0.2, 0) is 11.3 Å². The van der Waals surface area contributed by atoms with E-state index in [1.54, 1.807) is 31.2 Å². The van der Waals surface area contributed by atoms with Crippen molar-refractivity contribution in [1.82, 2.24) is 5.32 Å². The van der Waals surface area contributed by atoms with E-state index in [2.05, 4.69) is 10.3 Å². The molecule has 0 radical (unpaired) electrons. The van der Waals surface area contributed by atoms with Gasteiger partial charge in [0.25, 0.3) is 5.91 Å². The number of aromatic nitrogens is 1. The lowest BCUT2D eigenvalue weighted by Crippen LogP contribution is -2.37. The maximum atomic E-state index is 11.9. The molecule has 104 valence electrons. The summed E-state index contributed by atoms with van der Waals surface area (Å²) in [6, 6.07) is 12.7. The number of H-pyrrole nitrogens is 1. The van der Waals surface area contributed by atoms with Gasteiger partial charge in [-0.05, 0) is 25.1 Å². The third-order valence-electron chi connectivity index (χ3n) is 2.70. The predicted octanol–water partition coefficient (Wildman–Crippen LogP) is 2.24. The van der Waals surface area contributed by atoms with Gasteiger partial charge in [0.1, 0.15) is 12.3 Å². The molecule has 1 aromatic carbocycles. The van der Waals surface area contributed by atoms with Gasteiger partial charge < -0.3 is 10.1 Å². The molecule has 0 aliphatic carbocycles. The van der Waals surface area contributed by atoms with Crippen LogP contribution in [0, 0.1) is 0 Å². The molecule has 2 aromatic rings. The topological polar surface area (TPSA) is 52.5 Å². The average molecular weight is 292 g/mol. The molecule has 20 heavy (non-hydrogen) atoms. The van der Waals surface area contributed by atoms with E-state index in [0.29, 0.717) is 17.3 Å². The highest BCUT2D eigenvalue weighted by Gasteiger charge is 2.15. The standard InChI is InChI=1S/C15H15ClN2O2/c1-11(20-14-7-4-5-12(16)9-14)15(19)18-10-13-6-2-3-8-17-13/h2-9,11H,10H2,1H3,(H,18,19)/p+1. The number of benzene rings is 1. The number of carbonyl (C=O) groups is 1. The van der Waals surface area contributed by atoms with Crippen molar-refractivity contribution in [3.05, 3.63) is 59.4 Å². The van der Waals surface area contributed by atoms with Crippen LogP contribution in [0.2, 0.25) is 5.02 Å². The van der Waals surface area contributed by atoms with Gasteiger partial charge in [-0.15, -0.1) is 0 Å². The number of amides is 1. The normalized spacial score (nSPS) is 11.7. The Morgan fingerprint density at radius 2 is 2.20 bits per heavy atom. The van der Waals surface area contributed by atoms with Crippen LogP contribution in [-0.4, -0.2) is 12.0 Å². The first kappa shape index (κ1) is 14.3. The molecule has 2 rings (SSSR count). The Morgan fingerprint density at radius 3 is 2.90 bits per heavy atom. The molecule has 0 fully saturated rings. The number of hydrogen-bond acceptors (Lipinski definition) is 2. The molecule has 0 bridgehead atoms. The Morgan fingerprint density at radius 1 is 1.35 bits per heavy atom. The third kappa shape index (κ3) is 4.24. The van der Waals surface area contributed by atoms with Crippen molar-refractivity contribution in [2.24, 2.45) is 0 Å². The van der Waals surface area contributed by atoms with Crippen LogP contribution in [0.1, 0.15) is 12.6 Å². The fourth-order valence-electron chi connectivity index (χ4n) is 1.66. The fraction of sp³-hybridized carbons (Fsp3) is 0.200. The molecule has 0 aliphatic rings. The van der Waals surface area contributed by atoms with E-state index in [-0.39, 0.29) is 5.91 Å². The van der Waals surface area contributed by atoms with E-state index in [9.17, 15) is 4.79 Å². The summed E-state index contributed by atoms with van der Waals surface area (Å²) in [5.74, 6) is 0.397. The Bertz CT molecular complexity index is 575. The smallest absolute Gasteiger partial charge is 0.261 e. The van der Waals surface area contributed by atoms with E-state index < -0.39 is 6.10 Å². The number of rotatable bonds is 5. The van der Waals surface area contributed by atoms with Crippen LogP contribution >= 0.6 is 11.6 Å². The Hall–Kier alpha value is -2.07. The van der Waals surface area contributed by atoms with Gasteiger partial charge in [0.05, 0.1) is 0 Å². The van der Waals surface area contributed by atoms with Crippen molar-refractivity contribution in [3.8, 4) is 5.75 Å². The molecule has 1 atom stereocenters. The zero-order chi connectivity index (χ0) is 14.4. The SMILES string of the molecule is CC(Oc1cccc(Cl)c1)C(=O)NCc1cccc[nH+]1. The zero-order valence-electron chi connectivity index (χ0n) is 11.1. The highest BCUT2D eigenvalue weighted by molar-refractivity contribution is 6.30. The monoisotopic (exact) mass is 291 g/mol. The second kappa shape index (κ2) is 6.91. The summed E-state index contributed by atoms with van der Waals surface area (Å²) in [4.78, 5) is 15.0. The van der Waals surface area contributed by atoms with Crippen LogP contribution < -0.4 is 15.0 Å². The van der Waals surface area contributed by atoms with E-state index >= 15 is 0 Å². The summed E-state index contributed by atoms with van der Waals surface area (Å²) in [6.45, 7) is 2.13. The number of ether oxygens (including phenoxy) is 1. The third-order valence-corrected chi connectivity index (χ3v) is 2.94. The molecule has 0 aliphatic heterocycles. The van der Waals surface area contributed by atoms with Crippen molar-refractivity contribution in [2.75, 3.05) is 0 Å². The van der Waals surface area contributed by atoms with Crippen molar-refractivity contribution in [2.45, 2.75) is 19.6 Å². The molecule has 5 heteroatoms. The molecule has 4 nitrogen and oxygen atoms in total. The first-order valence-electron chi connectivity index (χ1n) is 6.30. The van der Waals surface area contributed by atoms with E-state index in [1.165, 1.54) is 0 Å². The van der Waals surface area contributed by atoms with Crippen molar-refractivity contribution in [3.63, 3.8) is 0 Å². The number of nitrogens with one attached hydrogen (secondary N) is 2. The molecule has 0 spiro atoms. The van der Waals surface area contributed by atoms with Crippen LogP contribution in [0.25, 0.3) is 0 Å². The summed E-state index contributed by atoms with van der Waals surface area (Å²) in [5, 5.41) is 3.38. The Balaban J connectivity index is 1.86. The van der Waals surface area contributed by atoms with Gasteiger partial charge in [-0.25, -0.2) is 4.98 Å². The first-order valence-corrected chi connectivity index (χ1v) is 6.68. The second-order valence-electron chi connectivity index (χ2n) is 4.32. The van der Waals surface area contributed by atoms with Gasteiger partial charge in [-0.1, -0.05) is 23.7 Å². The van der Waals surface area contributed by atoms with Crippen LogP contribution in [0.4, 0.5) is 0 Å². The molecule has 1 aromatic heterocycles. The average Bonchev–Trinajstić information content (AvgIpc) is 2.46. The molecule has 0 saturated carbocycles. The van der Waals surface area contributed by atoms with Crippen LogP contribution in [0.5, 0.6) is 5.75 Å². The molecule has 0 saturated heterocycles. The predicted molar refractivity (Wildman–Crippen MR) is 76.4 cm³/mol. The largest absolute Gasteiger partial charge is 0.481 e. The lowest BCUT2D eigenvalue weighted by molar-refractivity contribution is -0.390. The second-order valence-corrected chi connectivity index (χ2v) is 4.76.